The van der Waals surface area contributed by atoms with Crippen LogP contribution in [0, 0.1) is 23.3 Å². The second-order valence-electron chi connectivity index (χ2n) is 3.84. The summed E-state index contributed by atoms with van der Waals surface area (Å²) in [7, 11) is 0. The van der Waals surface area contributed by atoms with Crippen molar-refractivity contribution >= 4 is 23.2 Å². The van der Waals surface area contributed by atoms with Gasteiger partial charge in [0.15, 0.2) is 17.5 Å². The van der Waals surface area contributed by atoms with Gasteiger partial charge in [-0.15, -0.1) is 0 Å². The van der Waals surface area contributed by atoms with Crippen molar-refractivity contribution in [1.29, 1.82) is 0 Å². The quantitative estimate of drug-likeness (QED) is 0.655. The zero-order valence-corrected chi connectivity index (χ0v) is 10.4. The predicted molar refractivity (Wildman–Crippen MR) is 65.7 cm³/mol. The second-order valence-corrected chi connectivity index (χ2v) is 4.24. The minimum Gasteiger partial charge on any atom is -0.322 e. The molecule has 0 saturated carbocycles. The van der Waals surface area contributed by atoms with Gasteiger partial charge in [0, 0.05) is 11.3 Å². The van der Waals surface area contributed by atoms with Crippen LogP contribution in [0.5, 0.6) is 0 Å². The first-order valence-electron chi connectivity index (χ1n) is 5.29. The molecule has 2 aromatic rings. The van der Waals surface area contributed by atoms with E-state index in [-0.39, 0.29) is 10.7 Å². The Morgan fingerprint density at radius 3 is 2.10 bits per heavy atom. The number of hydrogen-bond donors (Lipinski definition) is 1. The number of carbonyl (C=O) groups excluding carboxylic acids is 1. The van der Waals surface area contributed by atoms with Gasteiger partial charge in [0.25, 0.3) is 5.91 Å². The number of hydrogen-bond acceptors (Lipinski definition) is 1. The lowest BCUT2D eigenvalue weighted by Crippen LogP contribution is -2.13. The topological polar surface area (TPSA) is 29.1 Å². The molecule has 0 bridgehead atoms. The van der Waals surface area contributed by atoms with Crippen LogP contribution in [0.25, 0.3) is 0 Å². The van der Waals surface area contributed by atoms with Gasteiger partial charge in [-0.2, -0.15) is 0 Å². The lowest BCUT2D eigenvalue weighted by atomic mass is 10.2. The van der Waals surface area contributed by atoms with E-state index in [1.807, 2.05) is 0 Å². The van der Waals surface area contributed by atoms with E-state index in [2.05, 4.69) is 5.32 Å². The highest BCUT2D eigenvalue weighted by Gasteiger charge is 2.15. The molecule has 2 aromatic carbocycles. The van der Waals surface area contributed by atoms with Gasteiger partial charge in [0.05, 0.1) is 5.02 Å². The largest absolute Gasteiger partial charge is 0.322 e. The normalized spacial score (nSPS) is 10.4. The first-order valence-corrected chi connectivity index (χ1v) is 5.67. The molecule has 0 aromatic heterocycles. The van der Waals surface area contributed by atoms with Crippen LogP contribution in [-0.4, -0.2) is 5.91 Å². The minimum absolute atomic E-state index is 0.0436. The summed E-state index contributed by atoms with van der Waals surface area (Å²) in [6, 6.07) is 4.54. The van der Waals surface area contributed by atoms with E-state index in [0.29, 0.717) is 12.1 Å². The van der Waals surface area contributed by atoms with E-state index >= 15 is 0 Å². The van der Waals surface area contributed by atoms with E-state index < -0.39 is 34.7 Å². The van der Waals surface area contributed by atoms with Crippen molar-refractivity contribution in [1.82, 2.24) is 0 Å². The van der Waals surface area contributed by atoms with E-state index in [4.69, 9.17) is 11.6 Å². The monoisotopic (exact) mass is 303 g/mol. The Morgan fingerprint density at radius 1 is 0.950 bits per heavy atom. The summed E-state index contributed by atoms with van der Waals surface area (Å²) in [6.07, 6.45) is 0. The summed E-state index contributed by atoms with van der Waals surface area (Å²) in [5.41, 5.74) is -0.390. The molecular formula is C13H6ClF4NO. The van der Waals surface area contributed by atoms with Gasteiger partial charge in [-0.3, -0.25) is 4.79 Å². The zero-order valence-electron chi connectivity index (χ0n) is 9.68. The van der Waals surface area contributed by atoms with Crippen LogP contribution < -0.4 is 5.32 Å². The molecule has 0 aliphatic rings. The lowest BCUT2D eigenvalue weighted by Gasteiger charge is -2.06. The Bertz CT molecular complexity index is 667. The maximum atomic E-state index is 13.2. The number of halogens is 5. The third-order valence-corrected chi connectivity index (χ3v) is 2.73. The fraction of sp³-hybridized carbons (Fsp3) is 0. The SMILES string of the molecule is O=C(Nc1ccc(Cl)c(F)c1)c1cc(F)c(F)c(F)c1. The smallest absolute Gasteiger partial charge is 0.255 e. The van der Waals surface area contributed by atoms with Gasteiger partial charge in [-0.25, -0.2) is 17.6 Å². The maximum Gasteiger partial charge on any atom is 0.255 e. The van der Waals surface area contributed by atoms with Gasteiger partial charge >= 0.3 is 0 Å². The molecule has 0 atom stereocenters. The van der Waals surface area contributed by atoms with Crippen LogP contribution in [-0.2, 0) is 0 Å². The Labute approximate surface area is 116 Å². The van der Waals surface area contributed by atoms with Gasteiger partial charge in [0.2, 0.25) is 0 Å². The average molecular weight is 304 g/mol. The van der Waals surface area contributed by atoms with E-state index in [9.17, 15) is 22.4 Å². The third kappa shape index (κ3) is 2.91. The predicted octanol–water partition coefficient (Wildman–Crippen LogP) is 4.15. The summed E-state index contributed by atoms with van der Waals surface area (Å²) in [5.74, 6) is -6.32. The summed E-state index contributed by atoms with van der Waals surface area (Å²) >= 11 is 5.46. The molecule has 0 fully saturated rings. The van der Waals surface area contributed by atoms with Crippen molar-refractivity contribution in [2.75, 3.05) is 5.32 Å². The molecule has 104 valence electrons. The summed E-state index contributed by atoms with van der Waals surface area (Å²) in [4.78, 5) is 11.7. The van der Waals surface area contributed by atoms with Crippen molar-refractivity contribution in [3.63, 3.8) is 0 Å². The molecule has 2 rings (SSSR count). The number of anilines is 1. The van der Waals surface area contributed by atoms with Crippen molar-refractivity contribution in [3.8, 4) is 0 Å². The Morgan fingerprint density at radius 2 is 1.55 bits per heavy atom. The number of benzene rings is 2. The molecule has 0 saturated heterocycles. The van der Waals surface area contributed by atoms with Crippen LogP contribution in [0.1, 0.15) is 10.4 Å². The van der Waals surface area contributed by atoms with Gasteiger partial charge in [0.1, 0.15) is 5.82 Å². The molecule has 2 nitrogen and oxygen atoms in total. The Balaban J connectivity index is 2.26. The van der Waals surface area contributed by atoms with Crippen LogP contribution in [0.2, 0.25) is 5.02 Å². The second kappa shape index (κ2) is 5.50. The minimum atomic E-state index is -1.67. The first kappa shape index (κ1) is 14.3. The molecular weight excluding hydrogens is 298 g/mol. The summed E-state index contributed by atoms with van der Waals surface area (Å²) < 4.78 is 51.9. The van der Waals surface area contributed by atoms with Crippen LogP contribution >= 0.6 is 11.6 Å². The fourth-order valence-electron chi connectivity index (χ4n) is 1.46. The van der Waals surface area contributed by atoms with E-state index in [1.165, 1.54) is 12.1 Å². The number of nitrogens with one attached hydrogen (secondary N) is 1. The molecule has 0 aliphatic heterocycles. The highest BCUT2D eigenvalue weighted by Crippen LogP contribution is 2.20. The van der Waals surface area contributed by atoms with Crippen molar-refractivity contribution in [2.24, 2.45) is 0 Å². The highest BCUT2D eigenvalue weighted by atomic mass is 35.5. The number of amides is 1. The van der Waals surface area contributed by atoms with Crippen LogP contribution in [0.3, 0.4) is 0 Å². The van der Waals surface area contributed by atoms with Crippen LogP contribution in [0.15, 0.2) is 30.3 Å². The molecule has 0 heterocycles. The van der Waals surface area contributed by atoms with Gasteiger partial charge < -0.3 is 5.32 Å². The molecule has 0 unspecified atom stereocenters. The fourth-order valence-corrected chi connectivity index (χ4v) is 1.58. The summed E-state index contributed by atoms with van der Waals surface area (Å²) in [6.45, 7) is 0. The lowest BCUT2D eigenvalue weighted by molar-refractivity contribution is 0.102. The molecule has 0 radical (unpaired) electrons. The van der Waals surface area contributed by atoms with Crippen molar-refractivity contribution < 1.29 is 22.4 Å². The number of carbonyl (C=O) groups is 1. The molecule has 7 heteroatoms. The molecule has 0 spiro atoms. The zero-order chi connectivity index (χ0) is 14.9. The van der Waals surface area contributed by atoms with E-state index in [0.717, 1.165) is 6.07 Å². The third-order valence-electron chi connectivity index (χ3n) is 2.42. The Kier molecular flexibility index (Phi) is 3.94. The molecule has 0 aliphatic carbocycles. The molecule has 20 heavy (non-hydrogen) atoms. The molecule has 1 amide bonds. The van der Waals surface area contributed by atoms with Crippen molar-refractivity contribution in [3.05, 3.63) is 64.2 Å². The van der Waals surface area contributed by atoms with Crippen molar-refractivity contribution in [2.45, 2.75) is 0 Å². The van der Waals surface area contributed by atoms with E-state index in [1.54, 1.807) is 0 Å². The highest BCUT2D eigenvalue weighted by molar-refractivity contribution is 6.30. The molecule has 1 N–H and O–H groups in total. The standard InChI is InChI=1S/C13H6ClF4NO/c14-8-2-1-7(5-9(8)15)19-13(20)6-3-10(16)12(18)11(17)4-6/h1-5H,(H,19,20). The average Bonchev–Trinajstić information content (AvgIpc) is 2.39. The maximum absolute atomic E-state index is 13.2. The first-order chi connectivity index (χ1) is 9.38. The summed E-state index contributed by atoms with van der Waals surface area (Å²) in [5, 5.41) is 2.07. The van der Waals surface area contributed by atoms with Crippen LogP contribution in [0.4, 0.5) is 23.2 Å². The van der Waals surface area contributed by atoms with Gasteiger partial charge in [-0.1, -0.05) is 11.6 Å². The Hall–Kier alpha value is -2.08. The number of rotatable bonds is 2. The van der Waals surface area contributed by atoms with Gasteiger partial charge in [-0.05, 0) is 30.3 Å².